The zero-order valence-corrected chi connectivity index (χ0v) is 10.7. The normalized spacial score (nSPS) is 13.0. The van der Waals surface area contributed by atoms with Crippen LogP contribution in [0.1, 0.15) is 34.8 Å². The summed E-state index contributed by atoms with van der Waals surface area (Å²) in [4.78, 5) is 0.860. The van der Waals surface area contributed by atoms with Crippen molar-refractivity contribution in [3.8, 4) is 0 Å². The van der Waals surface area contributed by atoms with E-state index in [1.54, 1.807) is 6.26 Å². The van der Waals surface area contributed by atoms with E-state index in [4.69, 9.17) is 16.0 Å². The summed E-state index contributed by atoms with van der Waals surface area (Å²) >= 11 is 7.41. The molecule has 2 heterocycles. The van der Waals surface area contributed by atoms with E-state index < -0.39 is 6.10 Å². The van der Waals surface area contributed by atoms with E-state index in [0.717, 1.165) is 32.5 Å². The third-order valence-electron chi connectivity index (χ3n) is 2.54. The summed E-state index contributed by atoms with van der Waals surface area (Å²) in [6, 6.07) is 3.73. The molecule has 0 aliphatic heterocycles. The molecular formula is C12H13ClO2S. The molecule has 0 saturated carbocycles. The Morgan fingerprint density at radius 2 is 2.31 bits per heavy atom. The van der Waals surface area contributed by atoms with Crippen LogP contribution in [0, 0.1) is 6.92 Å². The van der Waals surface area contributed by atoms with Crippen molar-refractivity contribution < 1.29 is 9.52 Å². The zero-order valence-electron chi connectivity index (χ0n) is 9.16. The fourth-order valence-corrected chi connectivity index (χ4v) is 2.88. The largest absolute Gasteiger partial charge is 0.469 e. The van der Waals surface area contributed by atoms with E-state index >= 15 is 0 Å². The molecule has 16 heavy (non-hydrogen) atoms. The summed E-state index contributed by atoms with van der Waals surface area (Å²) in [5.41, 5.74) is 1.84. The van der Waals surface area contributed by atoms with Gasteiger partial charge in [-0.2, -0.15) is 0 Å². The SMILES string of the molecule is CCc1occc1C(O)c1cc(C)c(Cl)s1. The fraction of sp³-hybridized carbons (Fsp3) is 0.333. The highest BCUT2D eigenvalue weighted by molar-refractivity contribution is 7.16. The molecule has 86 valence electrons. The molecule has 4 heteroatoms. The van der Waals surface area contributed by atoms with Crippen molar-refractivity contribution in [3.63, 3.8) is 0 Å². The van der Waals surface area contributed by atoms with Gasteiger partial charge in [0.1, 0.15) is 11.9 Å². The topological polar surface area (TPSA) is 33.4 Å². The van der Waals surface area contributed by atoms with E-state index in [1.165, 1.54) is 11.3 Å². The number of furan rings is 1. The van der Waals surface area contributed by atoms with Crippen LogP contribution in [0.5, 0.6) is 0 Å². The van der Waals surface area contributed by atoms with Crippen molar-refractivity contribution in [1.82, 2.24) is 0 Å². The Morgan fingerprint density at radius 3 is 2.88 bits per heavy atom. The minimum absolute atomic E-state index is 0.634. The second kappa shape index (κ2) is 4.62. The molecule has 1 atom stereocenters. The fourth-order valence-electron chi connectivity index (χ4n) is 1.65. The molecule has 2 nitrogen and oxygen atoms in total. The van der Waals surface area contributed by atoms with Crippen molar-refractivity contribution in [2.45, 2.75) is 26.4 Å². The second-order valence-electron chi connectivity index (χ2n) is 3.66. The van der Waals surface area contributed by atoms with E-state index in [9.17, 15) is 5.11 Å². The number of thiophene rings is 1. The van der Waals surface area contributed by atoms with Crippen LogP contribution in [0.2, 0.25) is 4.34 Å². The standard InChI is InChI=1S/C12H13ClO2S/c1-3-9-8(4-5-15-9)11(14)10-6-7(2)12(13)16-10/h4-6,11,14H,3H2,1-2H3. The lowest BCUT2D eigenvalue weighted by molar-refractivity contribution is 0.221. The van der Waals surface area contributed by atoms with Crippen LogP contribution in [0.4, 0.5) is 0 Å². The lowest BCUT2D eigenvalue weighted by atomic mass is 10.1. The predicted molar refractivity (Wildman–Crippen MR) is 66.2 cm³/mol. The minimum Gasteiger partial charge on any atom is -0.469 e. The number of aliphatic hydroxyl groups is 1. The van der Waals surface area contributed by atoms with Crippen LogP contribution < -0.4 is 0 Å². The van der Waals surface area contributed by atoms with Crippen LogP contribution in [0.15, 0.2) is 22.8 Å². The first kappa shape index (κ1) is 11.7. The van der Waals surface area contributed by atoms with Gasteiger partial charge in [-0.25, -0.2) is 0 Å². The number of hydrogen-bond acceptors (Lipinski definition) is 3. The maximum atomic E-state index is 10.2. The molecule has 0 radical (unpaired) electrons. The van der Waals surface area contributed by atoms with Crippen molar-refractivity contribution in [2.24, 2.45) is 0 Å². The van der Waals surface area contributed by atoms with Gasteiger partial charge in [-0.05, 0) is 24.6 Å². The Kier molecular flexibility index (Phi) is 3.38. The number of rotatable bonds is 3. The first-order valence-electron chi connectivity index (χ1n) is 5.13. The molecule has 0 saturated heterocycles. The number of aliphatic hydroxyl groups excluding tert-OH is 1. The third kappa shape index (κ3) is 2.03. The Balaban J connectivity index is 2.35. The summed E-state index contributed by atoms with van der Waals surface area (Å²) in [6.07, 6.45) is 1.75. The first-order chi connectivity index (χ1) is 7.63. The molecule has 2 rings (SSSR count). The van der Waals surface area contributed by atoms with Gasteiger partial charge in [0.25, 0.3) is 0 Å². The maximum Gasteiger partial charge on any atom is 0.117 e. The molecule has 0 aromatic carbocycles. The van der Waals surface area contributed by atoms with Gasteiger partial charge in [0.2, 0.25) is 0 Å². The monoisotopic (exact) mass is 256 g/mol. The quantitative estimate of drug-likeness (QED) is 0.902. The smallest absolute Gasteiger partial charge is 0.117 e. The molecule has 0 aliphatic rings. The minimum atomic E-state index is -0.634. The summed E-state index contributed by atoms with van der Waals surface area (Å²) < 4.78 is 6.04. The molecular weight excluding hydrogens is 244 g/mol. The van der Waals surface area contributed by atoms with Gasteiger partial charge >= 0.3 is 0 Å². The van der Waals surface area contributed by atoms with Crippen molar-refractivity contribution >= 4 is 22.9 Å². The maximum absolute atomic E-state index is 10.2. The van der Waals surface area contributed by atoms with Crippen LogP contribution in [-0.4, -0.2) is 5.11 Å². The summed E-state index contributed by atoms with van der Waals surface area (Å²) in [6.45, 7) is 3.94. The summed E-state index contributed by atoms with van der Waals surface area (Å²) in [5, 5.41) is 10.2. The highest BCUT2D eigenvalue weighted by atomic mass is 35.5. The van der Waals surface area contributed by atoms with Gasteiger partial charge in [0.05, 0.1) is 10.6 Å². The molecule has 0 spiro atoms. The van der Waals surface area contributed by atoms with Gasteiger partial charge in [0, 0.05) is 16.9 Å². The van der Waals surface area contributed by atoms with Crippen molar-refractivity contribution in [2.75, 3.05) is 0 Å². The molecule has 0 aliphatic carbocycles. The lowest BCUT2D eigenvalue weighted by Crippen LogP contribution is -1.98. The Bertz CT molecular complexity index is 467. The van der Waals surface area contributed by atoms with Crippen molar-refractivity contribution in [3.05, 3.63) is 44.5 Å². The van der Waals surface area contributed by atoms with Gasteiger partial charge in [-0.1, -0.05) is 18.5 Å². The van der Waals surface area contributed by atoms with Gasteiger partial charge < -0.3 is 9.52 Å². The van der Waals surface area contributed by atoms with E-state index in [2.05, 4.69) is 0 Å². The first-order valence-corrected chi connectivity index (χ1v) is 6.33. The highest BCUT2D eigenvalue weighted by Gasteiger charge is 2.19. The number of halogens is 1. The summed E-state index contributed by atoms with van der Waals surface area (Å²) in [7, 11) is 0. The van der Waals surface area contributed by atoms with Crippen molar-refractivity contribution in [1.29, 1.82) is 0 Å². The molecule has 1 unspecified atom stereocenters. The number of hydrogen-bond donors (Lipinski definition) is 1. The van der Waals surface area contributed by atoms with E-state index in [1.807, 2.05) is 26.0 Å². The Morgan fingerprint density at radius 1 is 1.56 bits per heavy atom. The highest BCUT2D eigenvalue weighted by Crippen LogP contribution is 2.35. The number of aryl methyl sites for hydroxylation is 2. The molecule has 2 aromatic heterocycles. The second-order valence-corrected chi connectivity index (χ2v) is 5.35. The molecule has 0 amide bonds. The zero-order chi connectivity index (χ0) is 11.7. The van der Waals surface area contributed by atoms with Crippen LogP contribution >= 0.6 is 22.9 Å². The lowest BCUT2D eigenvalue weighted by Gasteiger charge is -2.07. The third-order valence-corrected chi connectivity index (χ3v) is 4.15. The molecule has 2 aromatic rings. The molecule has 0 fully saturated rings. The van der Waals surface area contributed by atoms with E-state index in [0.29, 0.717) is 0 Å². The van der Waals surface area contributed by atoms with Crippen LogP contribution in [0.25, 0.3) is 0 Å². The molecule has 1 N–H and O–H groups in total. The van der Waals surface area contributed by atoms with Gasteiger partial charge in [0.15, 0.2) is 0 Å². The van der Waals surface area contributed by atoms with E-state index in [-0.39, 0.29) is 0 Å². The van der Waals surface area contributed by atoms with Gasteiger partial charge in [-0.15, -0.1) is 11.3 Å². The Labute approximate surface area is 103 Å². The Hall–Kier alpha value is -0.770. The van der Waals surface area contributed by atoms with Gasteiger partial charge in [-0.3, -0.25) is 0 Å². The summed E-state index contributed by atoms with van der Waals surface area (Å²) in [5.74, 6) is 0.828. The van der Waals surface area contributed by atoms with Crippen LogP contribution in [0.3, 0.4) is 0 Å². The average Bonchev–Trinajstić information content (AvgIpc) is 2.85. The average molecular weight is 257 g/mol. The molecule has 0 bridgehead atoms. The van der Waals surface area contributed by atoms with Crippen LogP contribution in [-0.2, 0) is 6.42 Å². The predicted octanol–water partition coefficient (Wildman–Crippen LogP) is 3.95.